The summed E-state index contributed by atoms with van der Waals surface area (Å²) < 4.78 is 6.69. The van der Waals surface area contributed by atoms with E-state index in [1.807, 2.05) is 52.8 Å². The summed E-state index contributed by atoms with van der Waals surface area (Å²) in [4.78, 5) is 44.2. The number of para-hydroxylation sites is 1. The molecule has 32 heavy (non-hydrogen) atoms. The fourth-order valence-electron chi connectivity index (χ4n) is 3.59. The van der Waals surface area contributed by atoms with Gasteiger partial charge in [-0.15, -0.1) is 11.3 Å². The number of aromatic nitrogens is 2. The van der Waals surface area contributed by atoms with E-state index < -0.39 is 12.0 Å². The number of esters is 1. The van der Waals surface area contributed by atoms with Crippen molar-refractivity contribution in [2.75, 3.05) is 11.9 Å². The number of ether oxygens (including phenoxy) is 1. The van der Waals surface area contributed by atoms with Crippen LogP contribution in [0.3, 0.4) is 0 Å². The lowest BCUT2D eigenvalue weighted by Gasteiger charge is -2.19. The van der Waals surface area contributed by atoms with Gasteiger partial charge in [-0.25, -0.2) is 9.78 Å². The monoisotopic (exact) mass is 455 g/mol. The largest absolute Gasteiger partial charge is 0.461 e. The first-order chi connectivity index (χ1) is 15.1. The SMILES string of the molecule is CCC(C(=O)Nc1c(C)cccc1C)n1cnc2sc(C(=O)OCC(C)C)c(C)c2c1=O. The Bertz CT molecular complexity index is 1210. The number of thiophene rings is 1. The minimum absolute atomic E-state index is 0.213. The van der Waals surface area contributed by atoms with E-state index in [2.05, 4.69) is 10.3 Å². The minimum atomic E-state index is -0.728. The number of amides is 1. The molecule has 0 fully saturated rings. The zero-order valence-corrected chi connectivity index (χ0v) is 20.1. The maximum Gasteiger partial charge on any atom is 0.348 e. The molecule has 1 aromatic carbocycles. The third-order valence-electron chi connectivity index (χ3n) is 5.36. The van der Waals surface area contributed by atoms with Crippen LogP contribution >= 0.6 is 11.3 Å². The van der Waals surface area contributed by atoms with E-state index in [1.54, 1.807) is 6.92 Å². The predicted molar refractivity (Wildman–Crippen MR) is 128 cm³/mol. The van der Waals surface area contributed by atoms with Gasteiger partial charge >= 0.3 is 5.97 Å². The molecule has 0 aliphatic rings. The van der Waals surface area contributed by atoms with Gasteiger partial charge in [-0.3, -0.25) is 14.2 Å². The molecule has 0 radical (unpaired) electrons. The van der Waals surface area contributed by atoms with Crippen molar-refractivity contribution in [1.82, 2.24) is 9.55 Å². The van der Waals surface area contributed by atoms with Crippen molar-refractivity contribution < 1.29 is 14.3 Å². The van der Waals surface area contributed by atoms with Crippen molar-refractivity contribution in [2.24, 2.45) is 5.92 Å². The molecule has 1 atom stereocenters. The summed E-state index contributed by atoms with van der Waals surface area (Å²) in [5, 5.41) is 3.32. The summed E-state index contributed by atoms with van der Waals surface area (Å²) in [6.07, 6.45) is 1.80. The molecule has 0 bridgehead atoms. The van der Waals surface area contributed by atoms with Crippen molar-refractivity contribution in [3.63, 3.8) is 0 Å². The summed E-state index contributed by atoms with van der Waals surface area (Å²) in [5.74, 6) is -0.521. The van der Waals surface area contributed by atoms with Crippen LogP contribution in [0.25, 0.3) is 10.2 Å². The second-order valence-corrected chi connectivity index (χ2v) is 9.36. The van der Waals surface area contributed by atoms with E-state index >= 15 is 0 Å². The Morgan fingerprint density at radius 1 is 1.19 bits per heavy atom. The number of rotatable bonds is 7. The molecule has 0 saturated heterocycles. The topological polar surface area (TPSA) is 90.3 Å². The fourth-order valence-corrected chi connectivity index (χ4v) is 4.62. The van der Waals surface area contributed by atoms with Gasteiger partial charge in [0.1, 0.15) is 15.7 Å². The summed E-state index contributed by atoms with van der Waals surface area (Å²) >= 11 is 1.14. The molecule has 1 unspecified atom stereocenters. The van der Waals surface area contributed by atoms with Crippen LogP contribution in [0.5, 0.6) is 0 Å². The number of hydrogen-bond donors (Lipinski definition) is 1. The molecule has 0 aliphatic heterocycles. The number of nitrogens with zero attached hydrogens (tertiary/aromatic N) is 2. The molecule has 8 heteroatoms. The molecule has 0 spiro atoms. The van der Waals surface area contributed by atoms with Gasteiger partial charge in [0, 0.05) is 5.69 Å². The second kappa shape index (κ2) is 9.65. The Labute approximate surface area is 191 Å². The van der Waals surface area contributed by atoms with E-state index in [0.29, 0.717) is 33.7 Å². The van der Waals surface area contributed by atoms with E-state index in [9.17, 15) is 14.4 Å². The smallest absolute Gasteiger partial charge is 0.348 e. The lowest BCUT2D eigenvalue weighted by atomic mass is 10.1. The number of anilines is 1. The molecular formula is C24H29N3O4S. The Kier molecular flexibility index (Phi) is 7.13. The Morgan fingerprint density at radius 3 is 2.44 bits per heavy atom. The summed E-state index contributed by atoms with van der Waals surface area (Å²) in [7, 11) is 0. The summed E-state index contributed by atoms with van der Waals surface area (Å²) in [5.41, 5.74) is 2.85. The molecule has 170 valence electrons. The Balaban J connectivity index is 1.97. The molecule has 7 nitrogen and oxygen atoms in total. The van der Waals surface area contributed by atoms with Crippen LogP contribution in [0.15, 0.2) is 29.3 Å². The van der Waals surface area contributed by atoms with Crippen LogP contribution < -0.4 is 10.9 Å². The van der Waals surface area contributed by atoms with Crippen molar-refractivity contribution in [1.29, 1.82) is 0 Å². The van der Waals surface area contributed by atoms with Crippen LogP contribution in [0.4, 0.5) is 5.69 Å². The number of nitrogens with one attached hydrogen (secondary N) is 1. The zero-order valence-electron chi connectivity index (χ0n) is 19.3. The number of aryl methyl sites for hydroxylation is 3. The number of carbonyl (C=O) groups is 2. The Hall–Kier alpha value is -3.00. The first kappa shape index (κ1) is 23.7. The van der Waals surface area contributed by atoms with Gasteiger partial charge in [0.2, 0.25) is 5.91 Å². The maximum absolute atomic E-state index is 13.3. The quantitative estimate of drug-likeness (QED) is 0.518. The van der Waals surface area contributed by atoms with Crippen molar-refractivity contribution >= 4 is 39.1 Å². The third kappa shape index (κ3) is 4.60. The minimum Gasteiger partial charge on any atom is -0.461 e. The number of benzene rings is 1. The highest BCUT2D eigenvalue weighted by molar-refractivity contribution is 7.20. The lowest BCUT2D eigenvalue weighted by molar-refractivity contribution is -0.119. The second-order valence-electron chi connectivity index (χ2n) is 8.37. The first-order valence-corrected chi connectivity index (χ1v) is 11.5. The van der Waals surface area contributed by atoms with Crippen LogP contribution in [0.2, 0.25) is 0 Å². The normalized spacial score (nSPS) is 12.2. The highest BCUT2D eigenvalue weighted by Gasteiger charge is 2.25. The zero-order chi connectivity index (χ0) is 23.6. The molecule has 0 saturated carbocycles. The first-order valence-electron chi connectivity index (χ1n) is 10.7. The maximum atomic E-state index is 13.3. The van der Waals surface area contributed by atoms with E-state index in [4.69, 9.17) is 4.74 Å². The standard InChI is InChI=1S/C24H29N3O4S/c1-7-17(21(28)26-19-14(4)9-8-10-15(19)5)27-12-25-22-18(23(27)29)16(6)20(32-22)24(30)31-11-13(2)3/h8-10,12-13,17H,7,11H2,1-6H3,(H,26,28). The van der Waals surface area contributed by atoms with Gasteiger partial charge < -0.3 is 10.1 Å². The van der Waals surface area contributed by atoms with Gasteiger partial charge in [-0.05, 0) is 49.8 Å². The molecular weight excluding hydrogens is 426 g/mol. The molecule has 0 aliphatic carbocycles. The van der Waals surface area contributed by atoms with E-state index in [1.165, 1.54) is 10.9 Å². The molecule has 1 N–H and O–H groups in total. The fraction of sp³-hybridized carbons (Fsp3) is 0.417. The lowest BCUT2D eigenvalue weighted by Crippen LogP contribution is -2.33. The molecule has 3 aromatic rings. The summed E-state index contributed by atoms with van der Waals surface area (Å²) in [6.45, 7) is 11.6. The number of hydrogen-bond acceptors (Lipinski definition) is 6. The van der Waals surface area contributed by atoms with Gasteiger partial charge in [-0.2, -0.15) is 0 Å². The van der Waals surface area contributed by atoms with Crippen LogP contribution in [0.1, 0.15) is 59.6 Å². The number of fused-ring (bicyclic) bond motifs is 1. The number of carbonyl (C=O) groups excluding carboxylic acids is 2. The molecule has 2 heterocycles. The highest BCUT2D eigenvalue weighted by Crippen LogP contribution is 2.28. The van der Waals surface area contributed by atoms with Crippen molar-refractivity contribution in [3.05, 3.63) is 56.4 Å². The van der Waals surface area contributed by atoms with Gasteiger partial charge in [-0.1, -0.05) is 39.0 Å². The van der Waals surface area contributed by atoms with E-state index in [-0.39, 0.29) is 17.4 Å². The van der Waals surface area contributed by atoms with Gasteiger partial charge in [0.25, 0.3) is 5.56 Å². The average Bonchev–Trinajstić information content (AvgIpc) is 3.08. The van der Waals surface area contributed by atoms with Crippen LogP contribution in [-0.4, -0.2) is 28.0 Å². The Morgan fingerprint density at radius 2 is 1.84 bits per heavy atom. The summed E-state index contributed by atoms with van der Waals surface area (Å²) in [6, 6.07) is 5.06. The third-order valence-corrected chi connectivity index (χ3v) is 6.54. The highest BCUT2D eigenvalue weighted by atomic mass is 32.1. The predicted octanol–water partition coefficient (Wildman–Crippen LogP) is 4.79. The van der Waals surface area contributed by atoms with Crippen LogP contribution in [0, 0.1) is 26.7 Å². The van der Waals surface area contributed by atoms with Gasteiger partial charge in [0.15, 0.2) is 0 Å². The van der Waals surface area contributed by atoms with Crippen molar-refractivity contribution in [3.8, 4) is 0 Å². The van der Waals surface area contributed by atoms with Crippen LogP contribution in [-0.2, 0) is 9.53 Å². The molecule has 3 rings (SSSR count). The van der Waals surface area contributed by atoms with Crippen molar-refractivity contribution in [2.45, 2.75) is 54.0 Å². The van der Waals surface area contributed by atoms with Gasteiger partial charge in [0.05, 0.1) is 18.3 Å². The average molecular weight is 456 g/mol. The molecule has 2 aromatic heterocycles. The molecule has 1 amide bonds. The van der Waals surface area contributed by atoms with E-state index in [0.717, 1.165) is 28.2 Å².